The number of hydrogen-bond donors (Lipinski definition) is 0. The van der Waals surface area contributed by atoms with E-state index in [4.69, 9.17) is 21.1 Å². The number of benzene rings is 1. The Balaban J connectivity index is 1.59. The van der Waals surface area contributed by atoms with Gasteiger partial charge >= 0.3 is 0 Å². The van der Waals surface area contributed by atoms with Gasteiger partial charge in [-0.15, -0.1) is 0 Å². The molecular formula is C26H32ClN3O3. The summed E-state index contributed by atoms with van der Waals surface area (Å²) in [5.41, 5.74) is 1.33. The molecule has 3 aromatic rings. The van der Waals surface area contributed by atoms with Gasteiger partial charge in [0.2, 0.25) is 0 Å². The second kappa shape index (κ2) is 11.9. The molecule has 2 heterocycles. The molecule has 0 N–H and O–H groups in total. The molecular weight excluding hydrogens is 438 g/mol. The van der Waals surface area contributed by atoms with Gasteiger partial charge in [0.1, 0.15) is 18.1 Å². The summed E-state index contributed by atoms with van der Waals surface area (Å²) in [7, 11) is 0. The number of nitrogens with zero attached hydrogens (tertiary/aromatic N) is 3. The third-order valence-electron chi connectivity index (χ3n) is 5.63. The van der Waals surface area contributed by atoms with Crippen LogP contribution in [0.25, 0.3) is 5.69 Å². The van der Waals surface area contributed by atoms with Crippen LogP contribution in [0.3, 0.4) is 0 Å². The maximum absolute atomic E-state index is 12.6. The van der Waals surface area contributed by atoms with Gasteiger partial charge in [0.15, 0.2) is 0 Å². The first-order valence-electron chi connectivity index (χ1n) is 11.4. The van der Waals surface area contributed by atoms with Gasteiger partial charge in [0, 0.05) is 30.2 Å². The molecule has 0 saturated heterocycles. The molecule has 1 unspecified atom stereocenters. The van der Waals surface area contributed by atoms with E-state index in [9.17, 15) is 4.79 Å². The zero-order valence-corrected chi connectivity index (χ0v) is 20.5. The van der Waals surface area contributed by atoms with Crippen LogP contribution in [0.15, 0.2) is 65.7 Å². The molecule has 0 spiro atoms. The molecule has 33 heavy (non-hydrogen) atoms. The van der Waals surface area contributed by atoms with Crippen molar-refractivity contribution in [3.05, 3.63) is 82.0 Å². The summed E-state index contributed by atoms with van der Waals surface area (Å²) in [6.07, 6.45) is 4.33. The average molecular weight is 470 g/mol. The van der Waals surface area contributed by atoms with Crippen molar-refractivity contribution in [1.82, 2.24) is 14.5 Å². The van der Waals surface area contributed by atoms with Crippen molar-refractivity contribution in [2.75, 3.05) is 13.1 Å². The van der Waals surface area contributed by atoms with E-state index in [0.717, 1.165) is 36.6 Å². The first kappa shape index (κ1) is 24.8. The summed E-state index contributed by atoms with van der Waals surface area (Å²) < 4.78 is 13.4. The molecule has 0 aliphatic rings. The Morgan fingerprint density at radius 2 is 1.76 bits per heavy atom. The fourth-order valence-electron chi connectivity index (χ4n) is 3.86. The van der Waals surface area contributed by atoms with E-state index in [0.29, 0.717) is 16.8 Å². The zero-order valence-electron chi connectivity index (χ0n) is 19.7. The van der Waals surface area contributed by atoms with E-state index in [2.05, 4.69) is 37.6 Å². The Kier molecular flexibility index (Phi) is 8.92. The maximum atomic E-state index is 12.6. The highest BCUT2D eigenvalue weighted by Gasteiger charge is 2.15. The van der Waals surface area contributed by atoms with E-state index in [1.165, 1.54) is 6.07 Å². The van der Waals surface area contributed by atoms with Gasteiger partial charge in [0.05, 0.1) is 16.8 Å². The Morgan fingerprint density at radius 1 is 1.03 bits per heavy atom. The van der Waals surface area contributed by atoms with Crippen molar-refractivity contribution in [2.24, 2.45) is 0 Å². The Labute approximate surface area is 200 Å². The Hall–Kier alpha value is -2.83. The normalized spacial score (nSPS) is 13.0. The first-order chi connectivity index (χ1) is 15.9. The molecule has 0 bridgehead atoms. The van der Waals surface area contributed by atoms with Crippen LogP contribution in [0.5, 0.6) is 11.5 Å². The molecule has 0 aliphatic carbocycles. The van der Waals surface area contributed by atoms with Crippen molar-refractivity contribution in [3.8, 4) is 17.2 Å². The van der Waals surface area contributed by atoms with Gasteiger partial charge in [-0.1, -0.05) is 25.4 Å². The molecule has 176 valence electrons. The molecule has 2 aromatic heterocycles. The summed E-state index contributed by atoms with van der Waals surface area (Å²) in [6.45, 7) is 11.0. The van der Waals surface area contributed by atoms with Crippen LogP contribution in [0.1, 0.15) is 39.8 Å². The largest absolute Gasteiger partial charge is 0.491 e. The third-order valence-corrected chi connectivity index (χ3v) is 5.85. The predicted molar refractivity (Wildman–Crippen MR) is 133 cm³/mol. The van der Waals surface area contributed by atoms with E-state index < -0.39 is 0 Å². The zero-order chi connectivity index (χ0) is 23.8. The van der Waals surface area contributed by atoms with Crippen molar-refractivity contribution in [1.29, 1.82) is 0 Å². The number of pyridine rings is 2. The molecule has 0 saturated carbocycles. The third kappa shape index (κ3) is 7.07. The minimum atomic E-state index is -0.174. The minimum Gasteiger partial charge on any atom is -0.491 e. The van der Waals surface area contributed by atoms with Crippen LogP contribution in [0, 0.1) is 0 Å². The standard InChI is InChI=1S/C26H32ClN3O3/c1-5-29(6-2)19(3)15-20(4)33-24-11-9-23(10-12-24)30-14-13-25(16-26(30)31)32-18-22-8-7-21(27)17-28-22/h7-14,16-17,19-20H,5-6,15,18H2,1-4H3/t19-,20?/m1/s1. The van der Waals surface area contributed by atoms with Crippen molar-refractivity contribution in [3.63, 3.8) is 0 Å². The van der Waals surface area contributed by atoms with Gasteiger partial charge < -0.3 is 14.4 Å². The van der Waals surface area contributed by atoms with Crippen LogP contribution >= 0.6 is 11.6 Å². The van der Waals surface area contributed by atoms with Crippen LogP contribution in [-0.2, 0) is 6.61 Å². The molecule has 2 atom stereocenters. The molecule has 1 aromatic carbocycles. The Morgan fingerprint density at radius 3 is 2.36 bits per heavy atom. The molecule has 7 heteroatoms. The lowest BCUT2D eigenvalue weighted by molar-refractivity contribution is 0.142. The van der Waals surface area contributed by atoms with Gasteiger partial charge in [-0.2, -0.15) is 0 Å². The number of rotatable bonds is 11. The van der Waals surface area contributed by atoms with E-state index >= 15 is 0 Å². The van der Waals surface area contributed by atoms with Gasteiger partial charge in [-0.05, 0) is 75.8 Å². The number of ether oxygens (including phenoxy) is 2. The number of halogens is 1. The van der Waals surface area contributed by atoms with Crippen LogP contribution in [0.4, 0.5) is 0 Å². The molecule has 0 radical (unpaired) electrons. The van der Waals surface area contributed by atoms with Crippen molar-refractivity contribution < 1.29 is 9.47 Å². The fraction of sp³-hybridized carbons (Fsp3) is 0.385. The van der Waals surface area contributed by atoms with E-state index in [1.807, 2.05) is 24.3 Å². The highest BCUT2D eigenvalue weighted by Crippen LogP contribution is 2.19. The van der Waals surface area contributed by atoms with Gasteiger partial charge in [-0.25, -0.2) is 0 Å². The predicted octanol–water partition coefficient (Wildman–Crippen LogP) is 5.35. The molecule has 0 fully saturated rings. The molecule has 6 nitrogen and oxygen atoms in total. The summed E-state index contributed by atoms with van der Waals surface area (Å²) >= 11 is 5.84. The van der Waals surface area contributed by atoms with Gasteiger partial charge in [-0.3, -0.25) is 14.3 Å². The van der Waals surface area contributed by atoms with Crippen LogP contribution in [-0.4, -0.2) is 39.7 Å². The smallest absolute Gasteiger partial charge is 0.258 e. The second-order valence-electron chi connectivity index (χ2n) is 8.06. The number of hydrogen-bond acceptors (Lipinski definition) is 5. The topological polar surface area (TPSA) is 56.6 Å². The van der Waals surface area contributed by atoms with Gasteiger partial charge in [0.25, 0.3) is 5.56 Å². The van der Waals surface area contributed by atoms with E-state index in [1.54, 1.807) is 35.2 Å². The molecule has 0 aliphatic heterocycles. The lowest BCUT2D eigenvalue weighted by Gasteiger charge is -2.28. The maximum Gasteiger partial charge on any atom is 0.258 e. The number of aromatic nitrogens is 2. The quantitative estimate of drug-likeness (QED) is 0.378. The SMILES string of the molecule is CCN(CC)[C@H](C)CC(C)Oc1ccc(-n2ccc(OCc3ccc(Cl)cn3)cc2=O)cc1. The second-order valence-corrected chi connectivity index (χ2v) is 8.49. The monoisotopic (exact) mass is 469 g/mol. The fourth-order valence-corrected chi connectivity index (χ4v) is 3.97. The lowest BCUT2D eigenvalue weighted by Crippen LogP contribution is -2.35. The lowest BCUT2D eigenvalue weighted by atomic mass is 10.1. The minimum absolute atomic E-state index is 0.0979. The van der Waals surface area contributed by atoms with Crippen molar-refractivity contribution in [2.45, 2.75) is 52.9 Å². The highest BCUT2D eigenvalue weighted by atomic mass is 35.5. The average Bonchev–Trinajstić information content (AvgIpc) is 2.80. The molecule has 0 amide bonds. The summed E-state index contributed by atoms with van der Waals surface area (Å²) in [5.74, 6) is 1.28. The highest BCUT2D eigenvalue weighted by molar-refractivity contribution is 6.30. The van der Waals surface area contributed by atoms with E-state index in [-0.39, 0.29) is 18.3 Å². The van der Waals surface area contributed by atoms with Crippen LogP contribution < -0.4 is 15.0 Å². The van der Waals surface area contributed by atoms with Crippen LogP contribution in [0.2, 0.25) is 5.02 Å². The summed E-state index contributed by atoms with van der Waals surface area (Å²) in [6, 6.07) is 14.8. The summed E-state index contributed by atoms with van der Waals surface area (Å²) in [4.78, 5) is 19.2. The van der Waals surface area contributed by atoms with Crippen molar-refractivity contribution >= 4 is 11.6 Å². The molecule has 3 rings (SSSR count). The first-order valence-corrected chi connectivity index (χ1v) is 11.7. The summed E-state index contributed by atoms with van der Waals surface area (Å²) in [5, 5.41) is 0.571. The Bertz CT molecular complexity index is 1060.